The molecule has 0 atom stereocenters. The van der Waals surface area contributed by atoms with E-state index in [1.165, 1.54) is 12.1 Å². The molecule has 8 nitrogen and oxygen atoms in total. The molecule has 0 radical (unpaired) electrons. The summed E-state index contributed by atoms with van der Waals surface area (Å²) in [6.07, 6.45) is 1.34. The lowest BCUT2D eigenvalue weighted by Crippen LogP contribution is -2.38. The molecule has 28 heavy (non-hydrogen) atoms. The number of para-hydroxylation sites is 1. The number of piperidine rings is 1. The standard InChI is InChI=1S/C20H21N3O5/c24-19(25)12-14-8-10-22(11-9-14)20(26)15-6-7-17(18(13-15)23(27)28)21-16-4-2-1-3-5-16/h1-7,13-14,21H,8-12H2,(H,24,25). The van der Waals surface area contributed by atoms with Crippen molar-refractivity contribution in [3.8, 4) is 0 Å². The zero-order valence-corrected chi connectivity index (χ0v) is 15.2. The normalized spacial score (nSPS) is 14.5. The van der Waals surface area contributed by atoms with Crippen molar-refractivity contribution in [2.75, 3.05) is 18.4 Å². The van der Waals surface area contributed by atoms with Crippen molar-refractivity contribution < 1.29 is 19.6 Å². The van der Waals surface area contributed by atoms with E-state index in [2.05, 4.69) is 5.32 Å². The molecule has 8 heteroatoms. The molecule has 1 amide bonds. The number of carbonyl (C=O) groups excluding carboxylic acids is 1. The molecule has 0 bridgehead atoms. The van der Waals surface area contributed by atoms with E-state index in [-0.39, 0.29) is 29.5 Å². The van der Waals surface area contributed by atoms with Gasteiger partial charge in [0.25, 0.3) is 11.6 Å². The first-order chi connectivity index (χ1) is 13.4. The van der Waals surface area contributed by atoms with Gasteiger partial charge in [0.2, 0.25) is 0 Å². The smallest absolute Gasteiger partial charge is 0.303 e. The zero-order chi connectivity index (χ0) is 20.1. The maximum Gasteiger partial charge on any atom is 0.303 e. The molecule has 2 N–H and O–H groups in total. The number of nitro groups is 1. The molecule has 2 aromatic rings. The minimum absolute atomic E-state index is 0.0633. The zero-order valence-electron chi connectivity index (χ0n) is 15.2. The summed E-state index contributed by atoms with van der Waals surface area (Å²) in [4.78, 5) is 36.2. The molecule has 1 aliphatic heterocycles. The van der Waals surface area contributed by atoms with Gasteiger partial charge in [0, 0.05) is 36.8 Å². The molecule has 0 unspecified atom stereocenters. The second-order valence-electron chi connectivity index (χ2n) is 6.81. The monoisotopic (exact) mass is 383 g/mol. The van der Waals surface area contributed by atoms with Gasteiger partial charge in [-0.3, -0.25) is 19.7 Å². The van der Waals surface area contributed by atoms with Crippen LogP contribution in [-0.4, -0.2) is 39.9 Å². The Morgan fingerprint density at radius 1 is 1.14 bits per heavy atom. The highest BCUT2D eigenvalue weighted by molar-refractivity contribution is 5.96. The average Bonchev–Trinajstić information content (AvgIpc) is 2.68. The highest BCUT2D eigenvalue weighted by atomic mass is 16.6. The summed E-state index contributed by atoms with van der Waals surface area (Å²) >= 11 is 0. The van der Waals surface area contributed by atoms with Gasteiger partial charge >= 0.3 is 5.97 Å². The number of rotatable bonds is 6. The van der Waals surface area contributed by atoms with E-state index in [1.54, 1.807) is 23.1 Å². The minimum atomic E-state index is -0.832. The maximum atomic E-state index is 12.7. The molecule has 0 saturated carbocycles. The van der Waals surface area contributed by atoms with Crippen LogP contribution in [0.25, 0.3) is 0 Å². The number of hydrogen-bond acceptors (Lipinski definition) is 5. The number of carbonyl (C=O) groups is 2. The summed E-state index contributed by atoms with van der Waals surface area (Å²) in [6, 6.07) is 13.5. The number of benzene rings is 2. The highest BCUT2D eigenvalue weighted by Crippen LogP contribution is 2.30. The molecule has 146 valence electrons. The number of likely N-dealkylation sites (tertiary alicyclic amines) is 1. The number of nitro benzene ring substituents is 1. The summed E-state index contributed by atoms with van der Waals surface area (Å²) < 4.78 is 0. The Morgan fingerprint density at radius 3 is 2.43 bits per heavy atom. The van der Waals surface area contributed by atoms with Crippen LogP contribution < -0.4 is 5.32 Å². The Balaban J connectivity index is 1.74. The molecular weight excluding hydrogens is 362 g/mol. The van der Waals surface area contributed by atoms with Gasteiger partial charge in [-0.1, -0.05) is 18.2 Å². The first-order valence-corrected chi connectivity index (χ1v) is 9.05. The predicted molar refractivity (Wildman–Crippen MR) is 104 cm³/mol. The van der Waals surface area contributed by atoms with Gasteiger partial charge < -0.3 is 15.3 Å². The fourth-order valence-electron chi connectivity index (χ4n) is 3.37. The number of hydrogen-bond donors (Lipinski definition) is 2. The summed E-state index contributed by atoms with van der Waals surface area (Å²) in [7, 11) is 0. The van der Waals surface area contributed by atoms with Gasteiger partial charge in [-0.2, -0.15) is 0 Å². The van der Waals surface area contributed by atoms with E-state index < -0.39 is 10.9 Å². The van der Waals surface area contributed by atoms with Gasteiger partial charge in [0.05, 0.1) is 4.92 Å². The van der Waals surface area contributed by atoms with E-state index in [9.17, 15) is 19.7 Å². The van der Waals surface area contributed by atoms with Crippen LogP contribution in [0.4, 0.5) is 17.1 Å². The number of nitrogens with zero attached hydrogens (tertiary/aromatic N) is 2. The first-order valence-electron chi connectivity index (χ1n) is 9.05. The number of nitrogens with one attached hydrogen (secondary N) is 1. The van der Waals surface area contributed by atoms with Crippen LogP contribution in [0.5, 0.6) is 0 Å². The molecule has 1 heterocycles. The van der Waals surface area contributed by atoms with Crippen molar-refractivity contribution in [1.29, 1.82) is 0 Å². The third-order valence-corrected chi connectivity index (χ3v) is 4.86. The molecular formula is C20H21N3O5. The number of carboxylic acids is 1. The second kappa shape index (κ2) is 8.51. The summed E-state index contributed by atoms with van der Waals surface area (Å²) in [5.74, 6) is -1.04. The van der Waals surface area contributed by atoms with Crippen molar-refractivity contribution in [2.24, 2.45) is 5.92 Å². The lowest BCUT2D eigenvalue weighted by Gasteiger charge is -2.31. The fourth-order valence-corrected chi connectivity index (χ4v) is 3.37. The maximum absolute atomic E-state index is 12.7. The summed E-state index contributed by atoms with van der Waals surface area (Å²) in [6.45, 7) is 0.906. The molecule has 1 saturated heterocycles. The molecule has 3 rings (SSSR count). The Morgan fingerprint density at radius 2 is 1.82 bits per heavy atom. The Hall–Kier alpha value is -3.42. The Labute approximate surface area is 161 Å². The quantitative estimate of drug-likeness (QED) is 0.581. The molecule has 0 spiro atoms. The van der Waals surface area contributed by atoms with Crippen molar-refractivity contribution >= 4 is 28.9 Å². The van der Waals surface area contributed by atoms with Crippen LogP contribution in [0.3, 0.4) is 0 Å². The van der Waals surface area contributed by atoms with Gasteiger partial charge in [0.15, 0.2) is 0 Å². The van der Waals surface area contributed by atoms with Gasteiger partial charge in [0.1, 0.15) is 5.69 Å². The minimum Gasteiger partial charge on any atom is -0.481 e. The van der Waals surface area contributed by atoms with E-state index in [0.717, 1.165) is 0 Å². The third kappa shape index (κ3) is 4.64. The summed E-state index contributed by atoms with van der Waals surface area (Å²) in [5.41, 5.74) is 1.11. The van der Waals surface area contributed by atoms with Crippen LogP contribution in [0.15, 0.2) is 48.5 Å². The Kier molecular flexibility index (Phi) is 5.88. The van der Waals surface area contributed by atoms with Crippen molar-refractivity contribution in [3.63, 3.8) is 0 Å². The van der Waals surface area contributed by atoms with Crippen LogP contribution in [0.1, 0.15) is 29.6 Å². The average molecular weight is 383 g/mol. The molecule has 0 aliphatic carbocycles. The second-order valence-corrected chi connectivity index (χ2v) is 6.81. The lowest BCUT2D eigenvalue weighted by molar-refractivity contribution is -0.383. The SMILES string of the molecule is O=C(O)CC1CCN(C(=O)c2ccc(Nc3ccccc3)c([N+](=O)[O-])c2)CC1. The topological polar surface area (TPSA) is 113 Å². The number of anilines is 2. The van der Waals surface area contributed by atoms with Crippen molar-refractivity contribution in [2.45, 2.75) is 19.3 Å². The number of aliphatic carboxylic acids is 1. The predicted octanol–water partition coefficient (Wildman–Crippen LogP) is 3.67. The number of amides is 1. The third-order valence-electron chi connectivity index (χ3n) is 4.86. The first kappa shape index (κ1) is 19.3. The van der Waals surface area contributed by atoms with Crippen LogP contribution >= 0.6 is 0 Å². The molecule has 0 aromatic heterocycles. The number of carboxylic acid groups (broad SMARTS) is 1. The van der Waals surface area contributed by atoms with Gasteiger partial charge in [-0.15, -0.1) is 0 Å². The van der Waals surface area contributed by atoms with E-state index in [4.69, 9.17) is 5.11 Å². The van der Waals surface area contributed by atoms with Crippen LogP contribution in [0, 0.1) is 16.0 Å². The highest BCUT2D eigenvalue weighted by Gasteiger charge is 2.26. The lowest BCUT2D eigenvalue weighted by atomic mass is 9.93. The van der Waals surface area contributed by atoms with Crippen molar-refractivity contribution in [3.05, 3.63) is 64.2 Å². The largest absolute Gasteiger partial charge is 0.481 e. The van der Waals surface area contributed by atoms with E-state index in [1.807, 2.05) is 18.2 Å². The van der Waals surface area contributed by atoms with Crippen LogP contribution in [-0.2, 0) is 4.79 Å². The van der Waals surface area contributed by atoms with Crippen molar-refractivity contribution in [1.82, 2.24) is 4.90 Å². The molecule has 2 aromatic carbocycles. The van der Waals surface area contributed by atoms with Gasteiger partial charge in [-0.05, 0) is 43.0 Å². The summed E-state index contributed by atoms with van der Waals surface area (Å²) in [5, 5.41) is 23.4. The molecule has 1 fully saturated rings. The Bertz CT molecular complexity index is 877. The van der Waals surface area contributed by atoms with Crippen LogP contribution in [0.2, 0.25) is 0 Å². The van der Waals surface area contributed by atoms with E-state index in [0.29, 0.717) is 37.3 Å². The van der Waals surface area contributed by atoms with E-state index >= 15 is 0 Å². The fraction of sp³-hybridized carbons (Fsp3) is 0.300. The molecule has 1 aliphatic rings. The van der Waals surface area contributed by atoms with Gasteiger partial charge in [-0.25, -0.2) is 0 Å².